The van der Waals surface area contributed by atoms with E-state index in [1.807, 2.05) is 6.92 Å². The molecule has 0 radical (unpaired) electrons. The summed E-state index contributed by atoms with van der Waals surface area (Å²) < 4.78 is 21.1. The van der Waals surface area contributed by atoms with Gasteiger partial charge in [0.2, 0.25) is 0 Å². The molecule has 1 aromatic rings. The zero-order valence-corrected chi connectivity index (χ0v) is 17.7. The molecule has 3 rings (SSSR count). The summed E-state index contributed by atoms with van der Waals surface area (Å²) in [5.41, 5.74) is 9.91. The molecule has 0 saturated heterocycles. The third-order valence-corrected chi connectivity index (χ3v) is 6.77. The fourth-order valence-corrected chi connectivity index (χ4v) is 5.18. The van der Waals surface area contributed by atoms with Crippen molar-refractivity contribution in [3.63, 3.8) is 0 Å². The second-order valence-electron chi connectivity index (χ2n) is 8.54. The van der Waals surface area contributed by atoms with Crippen LogP contribution in [0.5, 0.6) is 0 Å². The molecule has 1 aromatic carbocycles. The topological polar surface area (TPSA) is 102 Å². The zero-order valence-electron chi connectivity index (χ0n) is 16.8. The Kier molecular flexibility index (Phi) is 7.35. The summed E-state index contributed by atoms with van der Waals surface area (Å²) in [4.78, 5) is 17.9. The molecular formula is C21H34NO5P. The highest BCUT2D eigenvalue weighted by Crippen LogP contribution is 2.44. The minimum atomic E-state index is -4.47. The first-order chi connectivity index (χ1) is 13.3. The molecule has 7 heteroatoms. The standard InChI is InChI=1S/C21H34NO5P/c1-2-26-11-3-4-16-5-6-18-13-19(8-7-17(18)12-16)20-9-10-21(22,14-20)15-27-28(23,24)25/h7-8,13,16,20H,2-6,9-12,14-15,22H2,1H3,(H2,23,24,25)/t16-,20+,21+/m1/s1. The van der Waals surface area contributed by atoms with E-state index in [1.54, 1.807) is 0 Å². The van der Waals surface area contributed by atoms with E-state index >= 15 is 0 Å². The normalized spacial score (nSPS) is 27.7. The van der Waals surface area contributed by atoms with E-state index in [9.17, 15) is 4.57 Å². The number of nitrogens with two attached hydrogens (primary N) is 1. The number of phosphoric ester groups is 1. The highest BCUT2D eigenvalue weighted by Gasteiger charge is 2.38. The second-order valence-corrected chi connectivity index (χ2v) is 9.78. The minimum absolute atomic E-state index is 0.0951. The number of ether oxygens (including phenoxy) is 1. The Balaban J connectivity index is 1.56. The van der Waals surface area contributed by atoms with Crippen LogP contribution in [0.2, 0.25) is 0 Å². The number of phosphoric acid groups is 1. The average Bonchev–Trinajstić information content (AvgIpc) is 3.05. The van der Waals surface area contributed by atoms with E-state index < -0.39 is 13.4 Å². The van der Waals surface area contributed by atoms with Crippen LogP contribution in [-0.4, -0.2) is 35.1 Å². The van der Waals surface area contributed by atoms with Gasteiger partial charge in [-0.3, -0.25) is 4.52 Å². The summed E-state index contributed by atoms with van der Waals surface area (Å²) in [6, 6.07) is 6.84. The average molecular weight is 411 g/mol. The third kappa shape index (κ3) is 6.12. The van der Waals surface area contributed by atoms with Gasteiger partial charge >= 0.3 is 7.82 Å². The molecule has 0 amide bonds. The molecule has 1 saturated carbocycles. The number of hydrogen-bond donors (Lipinski definition) is 3. The lowest BCUT2D eigenvalue weighted by molar-refractivity contribution is 0.138. The Morgan fingerprint density at radius 3 is 2.86 bits per heavy atom. The van der Waals surface area contributed by atoms with Crippen molar-refractivity contribution in [2.75, 3.05) is 19.8 Å². The van der Waals surface area contributed by atoms with E-state index in [0.717, 1.165) is 51.2 Å². The Morgan fingerprint density at radius 1 is 1.29 bits per heavy atom. The Bertz CT molecular complexity index is 706. The molecule has 0 aliphatic heterocycles. The lowest BCUT2D eigenvalue weighted by Crippen LogP contribution is -2.41. The maximum atomic E-state index is 11.0. The number of fused-ring (bicyclic) bond motifs is 1. The quantitative estimate of drug-likeness (QED) is 0.423. The van der Waals surface area contributed by atoms with E-state index in [-0.39, 0.29) is 6.61 Å². The fourth-order valence-electron chi connectivity index (χ4n) is 4.75. The molecule has 4 N–H and O–H groups in total. The van der Waals surface area contributed by atoms with Gasteiger partial charge in [-0.15, -0.1) is 0 Å². The first-order valence-electron chi connectivity index (χ1n) is 10.5. The zero-order chi connectivity index (χ0) is 20.2. The van der Waals surface area contributed by atoms with E-state index in [1.165, 1.54) is 29.5 Å². The second kappa shape index (κ2) is 9.38. The summed E-state index contributed by atoms with van der Waals surface area (Å²) in [7, 11) is -4.47. The predicted octanol–water partition coefficient (Wildman–Crippen LogP) is 3.68. The lowest BCUT2D eigenvalue weighted by atomic mass is 9.80. The number of benzene rings is 1. The summed E-state index contributed by atoms with van der Waals surface area (Å²) in [5.74, 6) is 1.09. The van der Waals surface area contributed by atoms with Gasteiger partial charge in [0.15, 0.2) is 0 Å². The minimum Gasteiger partial charge on any atom is -0.382 e. The third-order valence-electron chi connectivity index (χ3n) is 6.30. The van der Waals surface area contributed by atoms with Crippen LogP contribution in [0.25, 0.3) is 0 Å². The van der Waals surface area contributed by atoms with E-state index in [2.05, 4.69) is 22.7 Å². The predicted molar refractivity (Wildman–Crippen MR) is 109 cm³/mol. The molecule has 2 aliphatic rings. The summed E-state index contributed by atoms with van der Waals surface area (Å²) in [5, 5.41) is 0. The van der Waals surface area contributed by atoms with Crippen molar-refractivity contribution in [3.05, 3.63) is 34.9 Å². The molecule has 0 spiro atoms. The molecule has 0 heterocycles. The van der Waals surface area contributed by atoms with Crippen LogP contribution in [-0.2, 0) is 26.7 Å². The molecule has 0 unspecified atom stereocenters. The first-order valence-corrected chi connectivity index (χ1v) is 12.0. The van der Waals surface area contributed by atoms with Crippen LogP contribution in [0.4, 0.5) is 0 Å². The maximum Gasteiger partial charge on any atom is 0.469 e. The number of hydrogen-bond acceptors (Lipinski definition) is 4. The summed E-state index contributed by atoms with van der Waals surface area (Å²) in [6.07, 6.45) is 8.25. The number of rotatable bonds is 9. The monoisotopic (exact) mass is 411 g/mol. The lowest BCUT2D eigenvalue weighted by Gasteiger charge is -2.26. The van der Waals surface area contributed by atoms with Crippen LogP contribution < -0.4 is 5.73 Å². The van der Waals surface area contributed by atoms with Crippen LogP contribution in [0, 0.1) is 5.92 Å². The highest BCUT2D eigenvalue weighted by molar-refractivity contribution is 7.46. The van der Waals surface area contributed by atoms with Crippen molar-refractivity contribution >= 4 is 7.82 Å². The SMILES string of the molecule is CCOCCC[C@@H]1CCc2cc([C@H]3CC[C@@](N)(COP(=O)(O)O)C3)ccc2C1. The van der Waals surface area contributed by atoms with E-state index in [4.69, 9.17) is 20.3 Å². The molecule has 28 heavy (non-hydrogen) atoms. The molecule has 158 valence electrons. The van der Waals surface area contributed by atoms with Crippen molar-refractivity contribution in [1.82, 2.24) is 0 Å². The van der Waals surface area contributed by atoms with Gasteiger partial charge in [0.25, 0.3) is 0 Å². The van der Waals surface area contributed by atoms with Crippen molar-refractivity contribution in [2.45, 2.75) is 69.7 Å². The maximum absolute atomic E-state index is 11.0. The Morgan fingerprint density at radius 2 is 2.11 bits per heavy atom. The Labute approximate surface area is 168 Å². The van der Waals surface area contributed by atoms with Crippen molar-refractivity contribution in [3.8, 4) is 0 Å². The van der Waals surface area contributed by atoms with Crippen LogP contribution in [0.15, 0.2) is 18.2 Å². The van der Waals surface area contributed by atoms with Gasteiger partial charge in [-0.1, -0.05) is 18.2 Å². The van der Waals surface area contributed by atoms with Gasteiger partial charge in [-0.05, 0) is 86.8 Å². The number of aryl methyl sites for hydroxylation is 1. The van der Waals surface area contributed by atoms with Gasteiger partial charge < -0.3 is 20.3 Å². The van der Waals surface area contributed by atoms with Crippen LogP contribution in [0.1, 0.15) is 68.1 Å². The molecule has 1 fully saturated rings. The molecule has 6 nitrogen and oxygen atoms in total. The highest BCUT2D eigenvalue weighted by atomic mass is 31.2. The van der Waals surface area contributed by atoms with Crippen LogP contribution >= 0.6 is 7.82 Å². The van der Waals surface area contributed by atoms with Crippen molar-refractivity contribution in [2.24, 2.45) is 11.7 Å². The summed E-state index contributed by atoms with van der Waals surface area (Å²) in [6.45, 7) is 3.61. The first kappa shape index (κ1) is 21.9. The molecule has 3 atom stereocenters. The molecule has 2 aliphatic carbocycles. The Hall–Kier alpha value is -0.750. The van der Waals surface area contributed by atoms with Gasteiger partial charge in [-0.25, -0.2) is 4.57 Å². The van der Waals surface area contributed by atoms with Gasteiger partial charge in [0, 0.05) is 18.8 Å². The molecular weight excluding hydrogens is 377 g/mol. The summed E-state index contributed by atoms with van der Waals surface area (Å²) >= 11 is 0. The van der Waals surface area contributed by atoms with Gasteiger partial charge in [0.1, 0.15) is 0 Å². The van der Waals surface area contributed by atoms with Gasteiger partial charge in [0.05, 0.1) is 6.61 Å². The van der Waals surface area contributed by atoms with Crippen molar-refractivity contribution < 1.29 is 23.6 Å². The van der Waals surface area contributed by atoms with Crippen molar-refractivity contribution in [1.29, 1.82) is 0 Å². The molecule has 0 aromatic heterocycles. The fraction of sp³-hybridized carbons (Fsp3) is 0.714. The van der Waals surface area contributed by atoms with E-state index in [0.29, 0.717) is 12.3 Å². The smallest absolute Gasteiger partial charge is 0.382 e. The van der Waals surface area contributed by atoms with Crippen LogP contribution in [0.3, 0.4) is 0 Å². The van der Waals surface area contributed by atoms with Gasteiger partial charge in [-0.2, -0.15) is 0 Å². The largest absolute Gasteiger partial charge is 0.469 e. The molecule has 0 bridgehead atoms.